The fourth-order valence-electron chi connectivity index (χ4n) is 2.58. The van der Waals surface area contributed by atoms with Crippen LogP contribution in [-0.2, 0) is 0 Å². The first-order valence-electron chi connectivity index (χ1n) is 6.43. The summed E-state index contributed by atoms with van der Waals surface area (Å²) in [5, 5.41) is 0. The summed E-state index contributed by atoms with van der Waals surface area (Å²) in [4.78, 5) is 2.42. The summed E-state index contributed by atoms with van der Waals surface area (Å²) in [5.74, 6) is 0.312. The first kappa shape index (κ1) is 14.0. The molecule has 1 fully saturated rings. The molecule has 1 aliphatic heterocycles. The third-order valence-electron chi connectivity index (χ3n) is 3.96. The smallest absolute Gasteiger partial charge is 0.124 e. The first-order chi connectivity index (χ1) is 8.49. The van der Waals surface area contributed by atoms with Crippen molar-refractivity contribution >= 4 is 15.9 Å². The van der Waals surface area contributed by atoms with Gasteiger partial charge in [-0.25, -0.2) is 4.39 Å². The van der Waals surface area contributed by atoms with Gasteiger partial charge in [0.1, 0.15) is 5.82 Å². The van der Waals surface area contributed by atoms with Crippen LogP contribution >= 0.6 is 15.9 Å². The molecule has 3 unspecified atom stereocenters. The number of nitrogens with zero attached hydrogens (tertiary/aromatic N) is 1. The highest BCUT2D eigenvalue weighted by atomic mass is 79.9. The number of hydrogen-bond donors (Lipinski definition) is 1. The number of likely N-dealkylation sites (tertiary alicyclic amines) is 1. The van der Waals surface area contributed by atoms with Gasteiger partial charge in [-0.15, -0.1) is 0 Å². The van der Waals surface area contributed by atoms with Gasteiger partial charge in [-0.3, -0.25) is 4.90 Å². The van der Waals surface area contributed by atoms with Crippen LogP contribution in [0.5, 0.6) is 0 Å². The lowest BCUT2D eigenvalue weighted by Gasteiger charge is -2.39. The van der Waals surface area contributed by atoms with Gasteiger partial charge in [-0.1, -0.05) is 28.9 Å². The second-order valence-electron chi connectivity index (χ2n) is 5.27. The van der Waals surface area contributed by atoms with E-state index in [1.165, 1.54) is 12.1 Å². The molecule has 18 heavy (non-hydrogen) atoms. The fraction of sp³-hybridized carbons (Fsp3) is 0.571. The predicted molar refractivity (Wildman–Crippen MR) is 75.8 cm³/mol. The van der Waals surface area contributed by atoms with Crippen LogP contribution in [0.3, 0.4) is 0 Å². The van der Waals surface area contributed by atoms with Gasteiger partial charge in [0, 0.05) is 29.6 Å². The van der Waals surface area contributed by atoms with Crippen LogP contribution in [-0.4, -0.2) is 24.0 Å². The van der Waals surface area contributed by atoms with Crippen LogP contribution in [0.2, 0.25) is 0 Å². The summed E-state index contributed by atoms with van der Waals surface area (Å²) in [6.07, 6.45) is 1.03. The Balaban J connectivity index is 2.13. The maximum Gasteiger partial charge on any atom is 0.124 e. The Kier molecular flexibility index (Phi) is 4.41. The third-order valence-corrected chi connectivity index (χ3v) is 4.65. The van der Waals surface area contributed by atoms with Crippen molar-refractivity contribution < 1.29 is 4.39 Å². The van der Waals surface area contributed by atoms with Crippen molar-refractivity contribution in [2.75, 3.05) is 13.1 Å². The molecule has 4 heteroatoms. The van der Waals surface area contributed by atoms with Crippen LogP contribution in [0.4, 0.5) is 4.39 Å². The maximum absolute atomic E-state index is 13.1. The molecule has 0 aromatic heterocycles. The van der Waals surface area contributed by atoms with Gasteiger partial charge in [-0.05, 0) is 37.0 Å². The molecule has 0 saturated carbocycles. The zero-order valence-electron chi connectivity index (χ0n) is 10.9. The molecule has 0 aliphatic carbocycles. The Morgan fingerprint density at radius 3 is 2.83 bits per heavy atom. The summed E-state index contributed by atoms with van der Waals surface area (Å²) >= 11 is 3.45. The zero-order chi connectivity index (χ0) is 13.3. The van der Waals surface area contributed by atoms with E-state index in [9.17, 15) is 4.39 Å². The highest BCUT2D eigenvalue weighted by Gasteiger charge is 2.27. The van der Waals surface area contributed by atoms with Gasteiger partial charge in [0.2, 0.25) is 0 Å². The molecule has 0 spiro atoms. The van der Waals surface area contributed by atoms with Crippen molar-refractivity contribution in [3.05, 3.63) is 34.1 Å². The van der Waals surface area contributed by atoms with E-state index >= 15 is 0 Å². The Bertz CT molecular complexity index is 424. The van der Waals surface area contributed by atoms with E-state index in [2.05, 4.69) is 34.7 Å². The largest absolute Gasteiger partial charge is 0.327 e. The molecule has 1 aromatic rings. The lowest BCUT2D eigenvalue weighted by atomic mass is 9.92. The predicted octanol–water partition coefficient (Wildman–Crippen LogP) is 3.32. The van der Waals surface area contributed by atoms with Crippen LogP contribution in [0, 0.1) is 11.7 Å². The molecular formula is C14H20BrFN2. The highest BCUT2D eigenvalue weighted by Crippen LogP contribution is 2.31. The molecule has 0 radical (unpaired) electrons. The van der Waals surface area contributed by atoms with E-state index < -0.39 is 0 Å². The molecule has 0 bridgehead atoms. The van der Waals surface area contributed by atoms with E-state index in [0.717, 1.165) is 29.5 Å². The van der Waals surface area contributed by atoms with Gasteiger partial charge in [0.05, 0.1) is 0 Å². The molecule has 1 heterocycles. The summed E-state index contributed by atoms with van der Waals surface area (Å²) < 4.78 is 14.0. The molecule has 1 aromatic carbocycles. The standard InChI is InChI=1S/C14H20BrFN2/c1-9-8-18(6-5-14(9)17)10(2)12-4-3-11(16)7-13(12)15/h3-4,7,9-10,14H,5-6,8,17H2,1-2H3. The Hall–Kier alpha value is -0.450. The van der Waals surface area contributed by atoms with Gasteiger partial charge in [0.15, 0.2) is 0 Å². The van der Waals surface area contributed by atoms with Crippen molar-refractivity contribution in [1.82, 2.24) is 4.90 Å². The number of hydrogen-bond acceptors (Lipinski definition) is 2. The Morgan fingerprint density at radius 2 is 2.22 bits per heavy atom. The molecule has 3 atom stereocenters. The number of piperidine rings is 1. The zero-order valence-corrected chi connectivity index (χ0v) is 12.5. The first-order valence-corrected chi connectivity index (χ1v) is 7.23. The lowest BCUT2D eigenvalue weighted by molar-refractivity contribution is 0.124. The second kappa shape index (κ2) is 5.68. The molecule has 2 rings (SSSR count). The topological polar surface area (TPSA) is 29.3 Å². The average Bonchev–Trinajstić information content (AvgIpc) is 2.32. The van der Waals surface area contributed by atoms with Gasteiger partial charge >= 0.3 is 0 Å². The summed E-state index contributed by atoms with van der Waals surface area (Å²) in [5.41, 5.74) is 7.18. The minimum absolute atomic E-state index is 0.202. The average molecular weight is 315 g/mol. The van der Waals surface area contributed by atoms with E-state index in [0.29, 0.717) is 12.0 Å². The second-order valence-corrected chi connectivity index (χ2v) is 6.12. The monoisotopic (exact) mass is 314 g/mol. The van der Waals surface area contributed by atoms with Crippen LogP contribution in [0.25, 0.3) is 0 Å². The van der Waals surface area contributed by atoms with Crippen molar-refractivity contribution in [3.63, 3.8) is 0 Å². The lowest BCUT2D eigenvalue weighted by Crippen LogP contribution is -2.46. The van der Waals surface area contributed by atoms with Gasteiger partial charge in [-0.2, -0.15) is 0 Å². The number of benzene rings is 1. The number of rotatable bonds is 2. The van der Waals surface area contributed by atoms with Crippen molar-refractivity contribution in [1.29, 1.82) is 0 Å². The van der Waals surface area contributed by atoms with Gasteiger partial charge in [0.25, 0.3) is 0 Å². The summed E-state index contributed by atoms with van der Waals surface area (Å²) in [7, 11) is 0. The van der Waals surface area contributed by atoms with Gasteiger partial charge < -0.3 is 5.73 Å². The number of halogens is 2. The fourth-order valence-corrected chi connectivity index (χ4v) is 3.27. The summed E-state index contributed by atoms with van der Waals surface area (Å²) in [6.45, 7) is 6.38. The molecule has 100 valence electrons. The molecule has 1 saturated heterocycles. The van der Waals surface area contributed by atoms with Crippen LogP contribution < -0.4 is 5.73 Å². The molecular weight excluding hydrogens is 295 g/mol. The highest BCUT2D eigenvalue weighted by molar-refractivity contribution is 9.10. The minimum atomic E-state index is -0.202. The van der Waals surface area contributed by atoms with E-state index in [4.69, 9.17) is 5.73 Å². The van der Waals surface area contributed by atoms with Crippen molar-refractivity contribution in [2.45, 2.75) is 32.4 Å². The quantitative estimate of drug-likeness (QED) is 0.907. The molecule has 2 nitrogen and oxygen atoms in total. The van der Waals surface area contributed by atoms with Crippen LogP contribution in [0.1, 0.15) is 31.9 Å². The van der Waals surface area contributed by atoms with E-state index in [1.807, 2.05) is 6.07 Å². The maximum atomic E-state index is 13.1. The Morgan fingerprint density at radius 1 is 1.50 bits per heavy atom. The molecule has 2 N–H and O–H groups in total. The minimum Gasteiger partial charge on any atom is -0.327 e. The van der Waals surface area contributed by atoms with Crippen LogP contribution in [0.15, 0.2) is 22.7 Å². The van der Waals surface area contributed by atoms with Crippen molar-refractivity contribution in [2.24, 2.45) is 11.7 Å². The molecule has 0 amide bonds. The third kappa shape index (κ3) is 2.92. The van der Waals surface area contributed by atoms with E-state index in [-0.39, 0.29) is 11.9 Å². The summed E-state index contributed by atoms with van der Waals surface area (Å²) in [6, 6.07) is 5.52. The van der Waals surface area contributed by atoms with E-state index in [1.54, 1.807) is 0 Å². The number of nitrogens with two attached hydrogens (primary N) is 1. The normalized spacial score (nSPS) is 27.2. The van der Waals surface area contributed by atoms with Crippen molar-refractivity contribution in [3.8, 4) is 0 Å². The Labute approximate surface area is 116 Å². The molecule has 1 aliphatic rings. The SMILES string of the molecule is CC1CN(C(C)c2ccc(F)cc2Br)CCC1N.